The van der Waals surface area contributed by atoms with Crippen molar-refractivity contribution in [1.29, 1.82) is 0 Å². The van der Waals surface area contributed by atoms with Crippen molar-refractivity contribution < 1.29 is 4.74 Å². The zero-order valence-corrected chi connectivity index (χ0v) is 15.3. The highest BCUT2D eigenvalue weighted by molar-refractivity contribution is 8.13. The average Bonchev–Trinajstić information content (AvgIpc) is 3.14. The molecule has 1 fully saturated rings. The summed E-state index contributed by atoms with van der Waals surface area (Å²) in [7, 11) is 1.71. The molecule has 0 aromatic heterocycles. The Kier molecular flexibility index (Phi) is 6.33. The number of hydrazine groups is 1. The van der Waals surface area contributed by atoms with E-state index in [0.29, 0.717) is 6.54 Å². The number of methoxy groups -OCH3 is 1. The predicted molar refractivity (Wildman–Crippen MR) is 105 cm³/mol. The molecule has 1 aliphatic rings. The number of benzene rings is 2. The molecule has 5 nitrogen and oxygen atoms in total. The van der Waals surface area contributed by atoms with Crippen LogP contribution in [0, 0.1) is 0 Å². The molecule has 0 radical (unpaired) electrons. The molecule has 0 aliphatic carbocycles. The van der Waals surface area contributed by atoms with E-state index < -0.39 is 0 Å². The summed E-state index contributed by atoms with van der Waals surface area (Å²) in [5, 5.41) is 4.41. The molecule has 6 heteroatoms. The first-order valence-corrected chi connectivity index (χ1v) is 9.55. The minimum absolute atomic E-state index is 0.122. The van der Waals surface area contributed by atoms with Gasteiger partial charge in [0.25, 0.3) is 0 Å². The highest BCUT2D eigenvalue weighted by Crippen LogP contribution is 2.29. The standard InChI is InChI=1S/C19H24N4OS/c1-24-17-11-7-6-10-15(17)16-12-18(23-22-16)21-19(25-2)20-13-14-8-4-3-5-9-14/h3-11,16,18,22-23H,12-13H2,1-2H3,(H,20,21). The third-order valence-corrected chi connectivity index (χ3v) is 4.79. The fourth-order valence-electron chi connectivity index (χ4n) is 2.87. The molecule has 2 unspecified atom stereocenters. The first-order valence-electron chi connectivity index (χ1n) is 8.33. The Morgan fingerprint density at radius 1 is 1.16 bits per heavy atom. The van der Waals surface area contributed by atoms with Crippen LogP contribution in [-0.2, 0) is 6.54 Å². The van der Waals surface area contributed by atoms with Crippen LogP contribution in [0.3, 0.4) is 0 Å². The van der Waals surface area contributed by atoms with Crippen LogP contribution in [0.2, 0.25) is 0 Å². The minimum atomic E-state index is 0.122. The van der Waals surface area contributed by atoms with E-state index in [-0.39, 0.29) is 12.2 Å². The van der Waals surface area contributed by atoms with Crippen LogP contribution in [-0.4, -0.2) is 24.7 Å². The first-order chi connectivity index (χ1) is 12.3. The van der Waals surface area contributed by atoms with Gasteiger partial charge in [0.05, 0.1) is 25.9 Å². The molecule has 0 bridgehead atoms. The highest BCUT2D eigenvalue weighted by Gasteiger charge is 2.27. The van der Waals surface area contributed by atoms with Crippen molar-refractivity contribution in [2.24, 2.45) is 4.99 Å². The van der Waals surface area contributed by atoms with E-state index in [9.17, 15) is 0 Å². The number of hydrogen-bond acceptors (Lipinski definition) is 5. The number of rotatable bonds is 5. The van der Waals surface area contributed by atoms with Crippen molar-refractivity contribution in [1.82, 2.24) is 16.2 Å². The summed E-state index contributed by atoms with van der Waals surface area (Å²) in [5.74, 6) is 0.908. The van der Waals surface area contributed by atoms with E-state index in [4.69, 9.17) is 4.74 Å². The smallest absolute Gasteiger partial charge is 0.157 e. The number of para-hydroxylation sites is 1. The molecule has 0 amide bonds. The SMILES string of the molecule is COc1ccccc1C1CC(NC(=NCc2ccccc2)SC)NN1. The molecular formula is C19H24N4OS. The van der Waals surface area contributed by atoms with Crippen molar-refractivity contribution in [2.75, 3.05) is 13.4 Å². The van der Waals surface area contributed by atoms with Crippen LogP contribution in [0.5, 0.6) is 5.75 Å². The maximum absolute atomic E-state index is 5.47. The number of aliphatic imine (C=N–C) groups is 1. The Balaban J connectivity index is 1.59. The van der Waals surface area contributed by atoms with Gasteiger partial charge in [-0.2, -0.15) is 0 Å². The van der Waals surface area contributed by atoms with Gasteiger partial charge in [-0.3, -0.25) is 4.99 Å². The molecule has 3 N–H and O–H groups in total. The third kappa shape index (κ3) is 4.75. The number of thioether (sulfide) groups is 1. The molecule has 3 rings (SSSR count). The largest absolute Gasteiger partial charge is 0.496 e. The molecule has 1 saturated heterocycles. The van der Waals surface area contributed by atoms with Crippen LogP contribution in [0.1, 0.15) is 23.6 Å². The lowest BCUT2D eigenvalue weighted by molar-refractivity contribution is 0.402. The Morgan fingerprint density at radius 3 is 2.68 bits per heavy atom. The van der Waals surface area contributed by atoms with Gasteiger partial charge in [0, 0.05) is 12.0 Å². The maximum Gasteiger partial charge on any atom is 0.157 e. The summed E-state index contributed by atoms with van der Waals surface area (Å²) >= 11 is 1.63. The molecule has 0 saturated carbocycles. The van der Waals surface area contributed by atoms with Gasteiger partial charge < -0.3 is 10.1 Å². The quantitative estimate of drug-likeness (QED) is 0.568. The summed E-state index contributed by atoms with van der Waals surface area (Å²) in [4.78, 5) is 4.68. The summed E-state index contributed by atoms with van der Waals surface area (Å²) in [5.41, 5.74) is 9.02. The average molecular weight is 356 g/mol. The van der Waals surface area contributed by atoms with Crippen LogP contribution in [0.4, 0.5) is 0 Å². The molecule has 25 heavy (non-hydrogen) atoms. The van der Waals surface area contributed by atoms with E-state index >= 15 is 0 Å². The van der Waals surface area contributed by atoms with Gasteiger partial charge in [0.15, 0.2) is 5.17 Å². The maximum atomic E-state index is 5.47. The summed E-state index contributed by atoms with van der Waals surface area (Å²) in [6.45, 7) is 0.681. The second-order valence-corrected chi connectivity index (χ2v) is 6.62. The fourth-order valence-corrected chi connectivity index (χ4v) is 3.33. The number of hydrogen-bond donors (Lipinski definition) is 3. The van der Waals surface area contributed by atoms with Crippen molar-refractivity contribution >= 4 is 16.9 Å². The van der Waals surface area contributed by atoms with E-state index in [2.05, 4.69) is 39.4 Å². The van der Waals surface area contributed by atoms with Gasteiger partial charge in [-0.1, -0.05) is 60.3 Å². The molecule has 1 heterocycles. The zero-order valence-electron chi connectivity index (χ0n) is 14.5. The molecule has 132 valence electrons. The number of ether oxygens (including phenoxy) is 1. The summed E-state index contributed by atoms with van der Waals surface area (Å²) in [6, 6.07) is 18.6. The molecule has 2 atom stereocenters. The Hall–Kier alpha value is -2.02. The topological polar surface area (TPSA) is 57.7 Å². The van der Waals surface area contributed by atoms with E-state index in [1.807, 2.05) is 42.7 Å². The number of amidine groups is 1. The van der Waals surface area contributed by atoms with E-state index in [1.165, 1.54) is 5.56 Å². The number of nitrogens with one attached hydrogen (secondary N) is 3. The monoisotopic (exact) mass is 356 g/mol. The molecule has 2 aromatic rings. The fraction of sp³-hybridized carbons (Fsp3) is 0.316. The van der Waals surface area contributed by atoms with Gasteiger partial charge in [-0.25, -0.2) is 10.9 Å². The second kappa shape index (κ2) is 8.89. The van der Waals surface area contributed by atoms with Crippen molar-refractivity contribution in [3.63, 3.8) is 0 Å². The van der Waals surface area contributed by atoms with Gasteiger partial charge in [0.1, 0.15) is 5.75 Å². The molecule has 2 aromatic carbocycles. The van der Waals surface area contributed by atoms with Gasteiger partial charge >= 0.3 is 0 Å². The van der Waals surface area contributed by atoms with E-state index in [0.717, 1.165) is 22.9 Å². The highest BCUT2D eigenvalue weighted by atomic mass is 32.2. The van der Waals surface area contributed by atoms with Crippen molar-refractivity contribution in [2.45, 2.75) is 25.2 Å². The van der Waals surface area contributed by atoms with Gasteiger partial charge in [-0.15, -0.1) is 0 Å². The van der Waals surface area contributed by atoms with Gasteiger partial charge in [-0.05, 0) is 17.9 Å². The lowest BCUT2D eigenvalue weighted by Crippen LogP contribution is -2.43. The molecular weight excluding hydrogens is 332 g/mol. The first kappa shape index (κ1) is 17.8. The van der Waals surface area contributed by atoms with E-state index in [1.54, 1.807) is 18.9 Å². The number of nitrogens with zero attached hydrogens (tertiary/aromatic N) is 1. The lowest BCUT2D eigenvalue weighted by atomic mass is 10.0. The third-order valence-electron chi connectivity index (χ3n) is 4.16. The predicted octanol–water partition coefficient (Wildman–Crippen LogP) is 3.07. The van der Waals surface area contributed by atoms with Crippen LogP contribution >= 0.6 is 11.8 Å². The Morgan fingerprint density at radius 2 is 1.92 bits per heavy atom. The normalized spacial score (nSPS) is 20.5. The molecule has 1 aliphatic heterocycles. The summed E-state index contributed by atoms with van der Waals surface area (Å²) < 4.78 is 5.47. The minimum Gasteiger partial charge on any atom is -0.496 e. The Labute approximate surface area is 153 Å². The van der Waals surface area contributed by atoms with Crippen LogP contribution in [0.15, 0.2) is 59.6 Å². The zero-order chi connectivity index (χ0) is 17.5. The van der Waals surface area contributed by atoms with Gasteiger partial charge in [0.2, 0.25) is 0 Å². The second-order valence-electron chi connectivity index (χ2n) is 5.83. The van der Waals surface area contributed by atoms with Crippen LogP contribution in [0.25, 0.3) is 0 Å². The lowest BCUT2D eigenvalue weighted by Gasteiger charge is -2.15. The van der Waals surface area contributed by atoms with Crippen molar-refractivity contribution in [3.05, 3.63) is 65.7 Å². The van der Waals surface area contributed by atoms with Crippen LogP contribution < -0.4 is 20.9 Å². The molecule has 0 spiro atoms. The van der Waals surface area contributed by atoms with Crippen molar-refractivity contribution in [3.8, 4) is 5.75 Å². The summed E-state index contributed by atoms with van der Waals surface area (Å²) in [6.07, 6.45) is 3.07. The Bertz CT molecular complexity index is 708.